The molecule has 0 atom stereocenters. The van der Waals surface area contributed by atoms with Gasteiger partial charge in [0.25, 0.3) is 0 Å². The fraction of sp³-hybridized carbons (Fsp3) is 0.286. The van der Waals surface area contributed by atoms with Crippen LogP contribution < -0.4 is 0 Å². The Morgan fingerprint density at radius 1 is 0.784 bits per heavy atom. The predicted octanol–water partition coefficient (Wildman–Crippen LogP) is 9.75. The van der Waals surface area contributed by atoms with Crippen LogP contribution in [0, 0.1) is 13.8 Å². The van der Waals surface area contributed by atoms with E-state index < -0.39 is 0 Å². The van der Waals surface area contributed by atoms with Crippen molar-refractivity contribution < 1.29 is 4.42 Å². The van der Waals surface area contributed by atoms with Crippen molar-refractivity contribution in [1.82, 2.24) is 4.98 Å². The van der Waals surface area contributed by atoms with Crippen molar-refractivity contribution in [2.75, 3.05) is 0 Å². The molecule has 0 fully saturated rings. The molecule has 2 aromatic heterocycles. The Morgan fingerprint density at radius 2 is 1.59 bits per heavy atom. The van der Waals surface area contributed by atoms with Crippen molar-refractivity contribution >= 4 is 43.6 Å². The fourth-order valence-corrected chi connectivity index (χ4v) is 6.58. The molecule has 0 N–H and O–H groups in total. The van der Waals surface area contributed by atoms with E-state index in [1.165, 1.54) is 56.8 Å². The van der Waals surface area contributed by atoms with E-state index in [0.717, 1.165) is 51.6 Å². The molecule has 184 valence electrons. The molecular weight excluding hydrogens is 450 g/mol. The summed E-state index contributed by atoms with van der Waals surface area (Å²) < 4.78 is 6.89. The zero-order chi connectivity index (χ0) is 25.5. The van der Waals surface area contributed by atoms with E-state index in [4.69, 9.17) is 9.40 Å². The van der Waals surface area contributed by atoms with Crippen LogP contribution >= 0.6 is 0 Å². The first-order valence-corrected chi connectivity index (χ1v) is 13.6. The van der Waals surface area contributed by atoms with Crippen LogP contribution in [0.15, 0.2) is 65.1 Å². The largest absolute Gasteiger partial charge is 0.455 e. The number of fused-ring (bicyclic) bond motifs is 8. The van der Waals surface area contributed by atoms with Gasteiger partial charge in [-0.25, -0.2) is 4.98 Å². The number of nitrogens with zero attached hydrogens (tertiary/aromatic N) is 1. The number of pyridine rings is 1. The smallest absolute Gasteiger partial charge is 0.147 e. The highest BCUT2D eigenvalue weighted by Crippen LogP contribution is 2.44. The first-order valence-electron chi connectivity index (χ1n) is 13.6. The second-order valence-corrected chi connectivity index (χ2v) is 12.0. The van der Waals surface area contributed by atoms with Crippen LogP contribution in [0.3, 0.4) is 0 Å². The second-order valence-electron chi connectivity index (χ2n) is 12.0. The first kappa shape index (κ1) is 22.5. The van der Waals surface area contributed by atoms with Crippen molar-refractivity contribution in [3.05, 3.63) is 88.5 Å². The number of aromatic nitrogens is 1. The summed E-state index contributed by atoms with van der Waals surface area (Å²) in [5.74, 6) is 0. The number of benzene rings is 4. The number of furan rings is 1. The van der Waals surface area contributed by atoms with Crippen molar-refractivity contribution in [1.29, 1.82) is 0 Å². The number of rotatable bonds is 1. The van der Waals surface area contributed by atoms with E-state index in [1.54, 1.807) is 0 Å². The average Bonchev–Trinajstić information content (AvgIpc) is 3.26. The van der Waals surface area contributed by atoms with Crippen LogP contribution in [0.1, 0.15) is 61.4 Å². The van der Waals surface area contributed by atoms with Gasteiger partial charge >= 0.3 is 0 Å². The topological polar surface area (TPSA) is 26.0 Å². The van der Waals surface area contributed by atoms with Gasteiger partial charge in [-0.15, -0.1) is 0 Å². The summed E-state index contributed by atoms with van der Waals surface area (Å²) in [5, 5.41) is 6.06. The summed E-state index contributed by atoms with van der Waals surface area (Å²) in [6.45, 7) is 11.2. The van der Waals surface area contributed by atoms with E-state index in [1.807, 2.05) is 0 Å². The van der Waals surface area contributed by atoms with Crippen molar-refractivity contribution in [3.8, 4) is 11.3 Å². The van der Waals surface area contributed by atoms with E-state index >= 15 is 0 Å². The van der Waals surface area contributed by atoms with E-state index in [0.29, 0.717) is 0 Å². The van der Waals surface area contributed by atoms with Gasteiger partial charge in [0.1, 0.15) is 11.2 Å². The Labute approximate surface area is 218 Å². The second kappa shape index (κ2) is 7.92. The van der Waals surface area contributed by atoms with Crippen LogP contribution in [0.4, 0.5) is 0 Å². The first-order chi connectivity index (χ1) is 17.8. The lowest BCUT2D eigenvalue weighted by molar-refractivity contribution is 0.596. The summed E-state index contributed by atoms with van der Waals surface area (Å²) in [6, 6.07) is 22.5. The molecule has 2 nitrogen and oxygen atoms in total. The molecule has 0 saturated heterocycles. The fourth-order valence-electron chi connectivity index (χ4n) is 6.58. The molecular formula is C35H33NO. The molecule has 1 aliphatic carbocycles. The van der Waals surface area contributed by atoms with Gasteiger partial charge in [-0.2, -0.15) is 0 Å². The third kappa shape index (κ3) is 3.42. The highest BCUT2D eigenvalue weighted by molar-refractivity contribution is 6.20. The molecule has 0 amide bonds. The molecule has 1 aliphatic rings. The predicted molar refractivity (Wildman–Crippen MR) is 157 cm³/mol. The van der Waals surface area contributed by atoms with E-state index in [2.05, 4.69) is 95.3 Å². The maximum atomic E-state index is 6.89. The molecule has 0 saturated carbocycles. The number of hydrogen-bond donors (Lipinski definition) is 0. The lowest BCUT2D eigenvalue weighted by Gasteiger charge is -2.23. The van der Waals surface area contributed by atoms with Gasteiger partial charge in [0.15, 0.2) is 0 Å². The molecule has 2 heteroatoms. The quantitative estimate of drug-likeness (QED) is 0.233. The average molecular weight is 484 g/mol. The van der Waals surface area contributed by atoms with Crippen LogP contribution in [0.25, 0.3) is 54.9 Å². The summed E-state index contributed by atoms with van der Waals surface area (Å²) in [6.07, 6.45) is 4.73. The van der Waals surface area contributed by atoms with Gasteiger partial charge in [-0.1, -0.05) is 63.2 Å². The van der Waals surface area contributed by atoms with Crippen LogP contribution in [-0.4, -0.2) is 4.98 Å². The Morgan fingerprint density at radius 3 is 2.43 bits per heavy atom. The Kier molecular flexibility index (Phi) is 4.83. The Balaban J connectivity index is 1.67. The van der Waals surface area contributed by atoms with Crippen LogP contribution in [0.2, 0.25) is 0 Å². The maximum Gasteiger partial charge on any atom is 0.147 e. The van der Waals surface area contributed by atoms with Crippen molar-refractivity contribution in [3.63, 3.8) is 0 Å². The van der Waals surface area contributed by atoms with Crippen molar-refractivity contribution in [2.45, 2.75) is 65.7 Å². The lowest BCUT2D eigenvalue weighted by Crippen LogP contribution is -2.12. The van der Waals surface area contributed by atoms with E-state index in [-0.39, 0.29) is 5.41 Å². The van der Waals surface area contributed by atoms with Crippen molar-refractivity contribution in [2.24, 2.45) is 0 Å². The Bertz CT molecular complexity index is 1880. The van der Waals surface area contributed by atoms with E-state index in [9.17, 15) is 0 Å². The third-order valence-electron chi connectivity index (χ3n) is 8.28. The monoisotopic (exact) mass is 483 g/mol. The number of hydrogen-bond acceptors (Lipinski definition) is 2. The third-order valence-corrected chi connectivity index (χ3v) is 8.28. The molecule has 0 bridgehead atoms. The summed E-state index contributed by atoms with van der Waals surface area (Å²) in [5.41, 5.74) is 11.9. The lowest BCUT2D eigenvalue weighted by atomic mass is 9.82. The summed E-state index contributed by atoms with van der Waals surface area (Å²) in [4.78, 5) is 5.40. The Hall–Kier alpha value is -3.65. The van der Waals surface area contributed by atoms with Gasteiger partial charge in [0.2, 0.25) is 0 Å². The molecule has 0 radical (unpaired) electrons. The molecule has 6 aromatic rings. The molecule has 0 aliphatic heterocycles. The minimum absolute atomic E-state index is 0.0102. The highest BCUT2D eigenvalue weighted by Gasteiger charge is 2.25. The minimum Gasteiger partial charge on any atom is -0.455 e. The SMILES string of the molecule is Cc1cc(C)c2c(c1)nc(-c1cc(C(C)(C)C)c3ccccc3c1)c1c3ccc4c(c3oc21)CCCC4. The zero-order valence-corrected chi connectivity index (χ0v) is 22.5. The minimum atomic E-state index is 0.0102. The maximum absolute atomic E-state index is 6.89. The van der Waals surface area contributed by atoms with Crippen LogP contribution in [-0.2, 0) is 18.3 Å². The highest BCUT2D eigenvalue weighted by atomic mass is 16.3. The molecule has 0 spiro atoms. The zero-order valence-electron chi connectivity index (χ0n) is 22.5. The van der Waals surface area contributed by atoms with Gasteiger partial charge in [-0.3, -0.25) is 0 Å². The number of aryl methyl sites for hydroxylation is 4. The summed E-state index contributed by atoms with van der Waals surface area (Å²) >= 11 is 0. The van der Waals surface area contributed by atoms with Crippen LogP contribution in [0.5, 0.6) is 0 Å². The molecule has 7 rings (SSSR count). The molecule has 4 aromatic carbocycles. The van der Waals surface area contributed by atoms with Gasteiger partial charge in [-0.05, 0) is 102 Å². The molecule has 37 heavy (non-hydrogen) atoms. The normalized spacial score (nSPS) is 14.2. The van der Waals surface area contributed by atoms with Gasteiger partial charge < -0.3 is 4.42 Å². The standard InChI is InChI=1S/C35H33NO/c1-20-16-21(2)30-29(17-20)36-32(24-18-23-11-7-8-12-25(23)28(19-24)35(3,4)5)31-27-15-14-22-10-6-9-13-26(22)33(27)37-34(30)31/h7-8,11-12,14-19H,6,9-10,13H2,1-5H3. The molecule has 0 unspecified atom stereocenters. The summed E-state index contributed by atoms with van der Waals surface area (Å²) in [7, 11) is 0. The molecule has 2 heterocycles. The van der Waals surface area contributed by atoms with Gasteiger partial charge in [0, 0.05) is 16.3 Å². The van der Waals surface area contributed by atoms with Gasteiger partial charge in [0.05, 0.1) is 16.6 Å².